The maximum Gasteiger partial charge on any atom is 0.0725 e. The van der Waals surface area contributed by atoms with Crippen LogP contribution < -0.4 is 4.90 Å². The molecule has 0 N–H and O–H groups in total. The number of nitrogens with zero attached hydrogens (tertiary/aromatic N) is 1. The highest BCUT2D eigenvalue weighted by Gasteiger charge is 2.52. The van der Waals surface area contributed by atoms with E-state index in [0.717, 1.165) is 17.1 Å². The summed E-state index contributed by atoms with van der Waals surface area (Å²) in [5.41, 5.74) is 21.2. The van der Waals surface area contributed by atoms with Crippen molar-refractivity contribution in [1.29, 1.82) is 0 Å². The zero-order valence-corrected chi connectivity index (χ0v) is 36.3. The predicted molar refractivity (Wildman–Crippen MR) is 273 cm³/mol. The van der Waals surface area contributed by atoms with E-state index >= 15 is 0 Å². The van der Waals surface area contributed by atoms with Crippen LogP contribution in [0.3, 0.4) is 0 Å². The van der Waals surface area contributed by atoms with E-state index in [4.69, 9.17) is 0 Å². The molecule has 0 radical (unpaired) electrons. The van der Waals surface area contributed by atoms with Crippen LogP contribution in [0.1, 0.15) is 47.2 Å². The summed E-state index contributed by atoms with van der Waals surface area (Å²) in [6.07, 6.45) is 0. The fourth-order valence-corrected chi connectivity index (χ4v) is 12.4. The molecule has 1 heteroatoms. The normalized spacial score (nSPS) is 15.7. The van der Waals surface area contributed by atoms with E-state index in [1.165, 1.54) is 110 Å². The number of benzene rings is 11. The van der Waals surface area contributed by atoms with Crippen molar-refractivity contribution in [3.63, 3.8) is 0 Å². The number of anilines is 3. The van der Waals surface area contributed by atoms with Gasteiger partial charge in [0.2, 0.25) is 0 Å². The van der Waals surface area contributed by atoms with Gasteiger partial charge in [-0.25, -0.2) is 0 Å². The number of fused-ring (bicyclic) bond motifs is 19. The minimum atomic E-state index is -0.483. The van der Waals surface area contributed by atoms with Gasteiger partial charge in [-0.1, -0.05) is 190 Å². The van der Waals surface area contributed by atoms with E-state index in [1.807, 2.05) is 0 Å². The highest BCUT2D eigenvalue weighted by atomic mass is 15.1. The minimum Gasteiger partial charge on any atom is -0.310 e. The molecule has 0 fully saturated rings. The van der Waals surface area contributed by atoms with Gasteiger partial charge in [0.15, 0.2) is 0 Å². The number of hydrogen-bond donors (Lipinski definition) is 0. The van der Waals surface area contributed by atoms with Gasteiger partial charge >= 0.3 is 0 Å². The summed E-state index contributed by atoms with van der Waals surface area (Å²) in [5, 5.41) is 7.81. The Labute approximate surface area is 379 Å². The summed E-state index contributed by atoms with van der Waals surface area (Å²) < 4.78 is 0. The Morgan fingerprint density at radius 3 is 1.34 bits per heavy atom. The molecule has 11 aromatic rings. The molecule has 0 bridgehead atoms. The van der Waals surface area contributed by atoms with Gasteiger partial charge in [-0.05, 0) is 159 Å². The molecule has 11 aromatic carbocycles. The Kier molecular flexibility index (Phi) is 7.45. The molecule has 3 aliphatic rings. The lowest BCUT2D eigenvalue weighted by molar-refractivity contribution is 0.660. The zero-order chi connectivity index (χ0) is 43.0. The van der Waals surface area contributed by atoms with Crippen LogP contribution in [0.5, 0.6) is 0 Å². The van der Waals surface area contributed by atoms with Crippen molar-refractivity contribution in [3.05, 3.63) is 258 Å². The summed E-state index contributed by atoms with van der Waals surface area (Å²) in [7, 11) is 0. The van der Waals surface area contributed by atoms with Crippen LogP contribution in [-0.4, -0.2) is 0 Å². The molecule has 304 valence electrons. The second kappa shape index (κ2) is 13.3. The van der Waals surface area contributed by atoms with Gasteiger partial charge in [0.1, 0.15) is 0 Å². The molecular formula is C64H43N. The largest absolute Gasteiger partial charge is 0.310 e. The summed E-state index contributed by atoms with van der Waals surface area (Å²) in [6.45, 7) is 4.75. The third kappa shape index (κ3) is 4.88. The summed E-state index contributed by atoms with van der Waals surface area (Å²) in [5.74, 6) is 0. The maximum atomic E-state index is 2.56. The van der Waals surface area contributed by atoms with Crippen molar-refractivity contribution in [2.75, 3.05) is 4.90 Å². The molecule has 14 rings (SSSR count). The number of rotatable bonds is 4. The van der Waals surface area contributed by atoms with Gasteiger partial charge in [-0.2, -0.15) is 0 Å². The van der Waals surface area contributed by atoms with E-state index in [2.05, 4.69) is 243 Å². The lowest BCUT2D eigenvalue weighted by Crippen LogP contribution is -2.26. The molecule has 1 spiro atoms. The van der Waals surface area contributed by atoms with Crippen molar-refractivity contribution < 1.29 is 0 Å². The fourth-order valence-electron chi connectivity index (χ4n) is 12.4. The molecule has 0 amide bonds. The molecular weight excluding hydrogens is 783 g/mol. The van der Waals surface area contributed by atoms with Crippen LogP contribution >= 0.6 is 0 Å². The maximum absolute atomic E-state index is 2.56. The van der Waals surface area contributed by atoms with Gasteiger partial charge in [0.05, 0.1) is 5.41 Å². The molecule has 1 atom stereocenters. The molecule has 0 heterocycles. The van der Waals surface area contributed by atoms with Crippen LogP contribution in [0.4, 0.5) is 17.1 Å². The summed E-state index contributed by atoms with van der Waals surface area (Å²) >= 11 is 0. The van der Waals surface area contributed by atoms with Gasteiger partial charge in [-0.15, -0.1) is 0 Å². The molecule has 0 saturated heterocycles. The Morgan fingerprint density at radius 1 is 0.262 bits per heavy atom. The lowest BCUT2D eigenvalue weighted by atomic mass is 9.70. The SMILES string of the molecule is CC1(C)c2ccccc2-c2ccc(N(c3ccc(-c4ccccc4)cc3)c3ccc4c(c3)-c3ccccc3C43c4ccccc4-c4cc5c6ccccc6c6ccccc6c5cc43)cc21. The van der Waals surface area contributed by atoms with Crippen molar-refractivity contribution in [2.24, 2.45) is 0 Å². The van der Waals surface area contributed by atoms with Crippen molar-refractivity contribution in [3.8, 4) is 44.5 Å². The summed E-state index contributed by atoms with van der Waals surface area (Å²) in [6, 6.07) is 84.6. The van der Waals surface area contributed by atoms with Crippen LogP contribution in [0.2, 0.25) is 0 Å². The molecule has 0 aliphatic heterocycles. The first kappa shape index (κ1) is 36.5. The number of hydrogen-bond acceptors (Lipinski definition) is 1. The lowest BCUT2D eigenvalue weighted by Gasteiger charge is -2.32. The first-order valence-electron chi connectivity index (χ1n) is 22.9. The molecule has 0 aromatic heterocycles. The van der Waals surface area contributed by atoms with Crippen molar-refractivity contribution in [2.45, 2.75) is 24.7 Å². The highest BCUT2D eigenvalue weighted by Crippen LogP contribution is 2.64. The Morgan fingerprint density at radius 2 is 0.692 bits per heavy atom. The van der Waals surface area contributed by atoms with Crippen LogP contribution in [0.15, 0.2) is 224 Å². The smallest absolute Gasteiger partial charge is 0.0725 e. The van der Waals surface area contributed by atoms with Gasteiger partial charge in [-0.3, -0.25) is 0 Å². The van der Waals surface area contributed by atoms with Crippen LogP contribution in [-0.2, 0) is 10.8 Å². The monoisotopic (exact) mass is 825 g/mol. The average Bonchev–Trinajstić information content (AvgIpc) is 3.92. The topological polar surface area (TPSA) is 3.24 Å². The van der Waals surface area contributed by atoms with E-state index in [0.29, 0.717) is 0 Å². The van der Waals surface area contributed by atoms with Crippen LogP contribution in [0.25, 0.3) is 76.8 Å². The molecule has 65 heavy (non-hydrogen) atoms. The second-order valence-corrected chi connectivity index (χ2v) is 18.8. The standard InChI is InChI=1S/C64H43N/c1-63(2)57-25-13-10-22-49(57)52-34-32-44(37-61(52)63)65(42-30-28-41(29-31-42)40-16-4-3-5-17-40)43-33-35-60-55(36-43)50-23-11-14-26-58(50)64(60)59-27-15-12-24-51(59)56-38-53-47-20-8-6-18-45(47)46-19-7-9-21-48(46)54(53)39-62(56)64/h3-39H,1-2H3. The van der Waals surface area contributed by atoms with E-state index in [1.54, 1.807) is 0 Å². The van der Waals surface area contributed by atoms with E-state index in [9.17, 15) is 0 Å². The third-order valence-electron chi connectivity index (χ3n) is 15.3. The highest BCUT2D eigenvalue weighted by molar-refractivity contribution is 6.26. The second-order valence-electron chi connectivity index (χ2n) is 18.8. The van der Waals surface area contributed by atoms with Crippen molar-refractivity contribution >= 4 is 49.4 Å². The zero-order valence-electron chi connectivity index (χ0n) is 36.3. The fraction of sp³-hybridized carbons (Fsp3) is 0.0625. The van der Waals surface area contributed by atoms with Gasteiger partial charge in [0.25, 0.3) is 0 Å². The Balaban J connectivity index is 1.01. The average molecular weight is 826 g/mol. The van der Waals surface area contributed by atoms with Crippen LogP contribution in [0, 0.1) is 0 Å². The molecule has 1 nitrogen and oxygen atoms in total. The molecule has 0 saturated carbocycles. The van der Waals surface area contributed by atoms with E-state index < -0.39 is 5.41 Å². The molecule has 1 unspecified atom stereocenters. The predicted octanol–water partition coefficient (Wildman–Crippen LogP) is 16.9. The molecule has 3 aliphatic carbocycles. The van der Waals surface area contributed by atoms with Gasteiger partial charge in [0, 0.05) is 22.5 Å². The Bertz CT molecular complexity index is 3800. The van der Waals surface area contributed by atoms with Crippen molar-refractivity contribution in [1.82, 2.24) is 0 Å². The third-order valence-corrected chi connectivity index (χ3v) is 15.3. The quantitative estimate of drug-likeness (QED) is 0.160. The summed E-state index contributed by atoms with van der Waals surface area (Å²) in [4.78, 5) is 2.48. The minimum absolute atomic E-state index is 0.126. The van der Waals surface area contributed by atoms with Gasteiger partial charge < -0.3 is 4.90 Å². The first-order chi connectivity index (χ1) is 32.0. The first-order valence-corrected chi connectivity index (χ1v) is 22.9. The Hall–Kier alpha value is -8.00. The van der Waals surface area contributed by atoms with E-state index in [-0.39, 0.29) is 5.41 Å².